The minimum absolute atomic E-state index is 0.0904. The van der Waals surface area contributed by atoms with Gasteiger partial charge >= 0.3 is 0 Å². The molecular formula is C37H35N3O. The number of anilines is 1. The molecule has 4 aromatic carbocycles. The number of carbonyl (C=O) groups is 1. The van der Waals surface area contributed by atoms with Crippen LogP contribution < -0.4 is 10.6 Å². The molecule has 4 aromatic rings. The van der Waals surface area contributed by atoms with E-state index < -0.39 is 0 Å². The Hall–Kier alpha value is -4.80. The molecule has 0 heterocycles. The maximum absolute atomic E-state index is 13.7. The highest BCUT2D eigenvalue weighted by molar-refractivity contribution is 5.84. The van der Waals surface area contributed by atoms with E-state index in [1.54, 1.807) is 0 Å². The molecule has 2 N–H and O–H groups in total. The molecule has 0 aliphatic heterocycles. The number of hydrogen-bond donors (Lipinski definition) is 2. The van der Waals surface area contributed by atoms with Gasteiger partial charge < -0.3 is 10.6 Å². The molecule has 204 valence electrons. The smallest absolute Gasteiger partial charge is 0.228 e. The molecule has 4 nitrogen and oxygen atoms in total. The van der Waals surface area contributed by atoms with Crippen LogP contribution in [-0.2, 0) is 11.3 Å². The topological polar surface area (TPSA) is 64.9 Å². The fraction of sp³-hybridized carbons (Fsp3) is 0.243. The van der Waals surface area contributed by atoms with Crippen molar-refractivity contribution in [3.05, 3.63) is 125 Å². The van der Waals surface area contributed by atoms with Gasteiger partial charge in [-0.05, 0) is 97.2 Å². The van der Waals surface area contributed by atoms with Gasteiger partial charge in [0.15, 0.2) is 0 Å². The van der Waals surface area contributed by atoms with Crippen molar-refractivity contribution in [3.63, 3.8) is 0 Å². The van der Waals surface area contributed by atoms with Crippen LogP contribution >= 0.6 is 0 Å². The van der Waals surface area contributed by atoms with E-state index in [9.17, 15) is 4.79 Å². The molecule has 41 heavy (non-hydrogen) atoms. The molecule has 4 heteroatoms. The maximum atomic E-state index is 13.7. The van der Waals surface area contributed by atoms with E-state index in [1.807, 2.05) is 73.7 Å². The van der Waals surface area contributed by atoms with Crippen LogP contribution in [0.25, 0.3) is 11.1 Å². The summed E-state index contributed by atoms with van der Waals surface area (Å²) in [7, 11) is 0. The Bertz CT molecular complexity index is 1530. The molecule has 0 bridgehead atoms. The summed E-state index contributed by atoms with van der Waals surface area (Å²) in [4.78, 5) is 13.7. The Morgan fingerprint density at radius 1 is 0.805 bits per heavy atom. The highest BCUT2D eigenvalue weighted by Crippen LogP contribution is 2.38. The third-order valence-corrected chi connectivity index (χ3v) is 7.98. The highest BCUT2D eigenvalue weighted by atomic mass is 16.1. The summed E-state index contributed by atoms with van der Waals surface area (Å²) in [6, 6.07) is 37.0. The first kappa shape index (κ1) is 27.8. The molecule has 0 saturated heterocycles. The SMILES string of the molecule is CC#Cc1ccc(-c2ccc(C(C(=O)NCc3ccccc3)C3CCC(Nc4ccc(C#N)cc4)CC3)cc2)cc1. The monoisotopic (exact) mass is 537 g/mol. The minimum atomic E-state index is -0.203. The van der Waals surface area contributed by atoms with Crippen LogP contribution in [-0.4, -0.2) is 11.9 Å². The molecule has 1 fully saturated rings. The number of rotatable bonds is 8. The molecule has 1 saturated carbocycles. The second-order valence-corrected chi connectivity index (χ2v) is 10.7. The molecule has 5 rings (SSSR count). The Morgan fingerprint density at radius 2 is 1.41 bits per heavy atom. The van der Waals surface area contributed by atoms with Gasteiger partial charge in [0.1, 0.15) is 0 Å². The summed E-state index contributed by atoms with van der Waals surface area (Å²) in [6.45, 7) is 2.37. The highest BCUT2D eigenvalue weighted by Gasteiger charge is 2.33. The summed E-state index contributed by atoms with van der Waals surface area (Å²) in [5.41, 5.74) is 7.14. The standard InChI is InChI=1S/C37H35N3O/c1-2-6-27-9-13-30(14-10-27)31-15-17-32(18-16-31)36(37(41)39-26-29-7-4-3-5-8-29)33-19-23-35(24-20-33)40-34-21-11-28(25-38)12-22-34/h3-5,7-18,21-22,33,35-36,40H,19-20,23-24,26H2,1H3,(H,39,41). The van der Waals surface area contributed by atoms with Crippen LogP contribution in [0.1, 0.15) is 60.8 Å². The lowest BCUT2D eigenvalue weighted by Gasteiger charge is -2.34. The predicted octanol–water partition coefficient (Wildman–Crippen LogP) is 7.67. The van der Waals surface area contributed by atoms with E-state index in [-0.39, 0.29) is 17.7 Å². The van der Waals surface area contributed by atoms with Crippen molar-refractivity contribution < 1.29 is 4.79 Å². The average molecular weight is 538 g/mol. The van der Waals surface area contributed by atoms with E-state index >= 15 is 0 Å². The number of nitrogens with zero attached hydrogens (tertiary/aromatic N) is 1. The van der Waals surface area contributed by atoms with Gasteiger partial charge in [0.25, 0.3) is 0 Å². The second-order valence-electron chi connectivity index (χ2n) is 10.7. The number of nitrogens with one attached hydrogen (secondary N) is 2. The molecule has 0 aromatic heterocycles. The molecule has 1 aliphatic carbocycles. The van der Waals surface area contributed by atoms with Crippen molar-refractivity contribution >= 4 is 11.6 Å². The molecule has 1 amide bonds. The zero-order valence-electron chi connectivity index (χ0n) is 23.4. The first-order chi connectivity index (χ1) is 20.1. The van der Waals surface area contributed by atoms with Crippen LogP contribution in [0.4, 0.5) is 5.69 Å². The van der Waals surface area contributed by atoms with Crippen molar-refractivity contribution in [3.8, 4) is 29.0 Å². The fourth-order valence-corrected chi connectivity index (χ4v) is 5.78. The van der Waals surface area contributed by atoms with Crippen molar-refractivity contribution in [2.45, 2.75) is 51.1 Å². The van der Waals surface area contributed by atoms with Crippen LogP contribution in [0.15, 0.2) is 103 Å². The van der Waals surface area contributed by atoms with Crippen LogP contribution in [0, 0.1) is 29.1 Å². The summed E-state index contributed by atoms with van der Waals surface area (Å²) < 4.78 is 0. The first-order valence-electron chi connectivity index (χ1n) is 14.3. The lowest BCUT2D eigenvalue weighted by molar-refractivity contribution is -0.124. The van der Waals surface area contributed by atoms with Gasteiger partial charge in [-0.25, -0.2) is 0 Å². The third-order valence-electron chi connectivity index (χ3n) is 7.98. The Kier molecular flexibility index (Phi) is 9.15. The van der Waals surface area contributed by atoms with Gasteiger partial charge in [-0.15, -0.1) is 5.92 Å². The maximum Gasteiger partial charge on any atom is 0.228 e. The number of carbonyl (C=O) groups excluding carboxylic acids is 1. The zero-order chi connectivity index (χ0) is 28.4. The lowest BCUT2D eigenvalue weighted by Crippen LogP contribution is -2.36. The largest absolute Gasteiger partial charge is 0.382 e. The van der Waals surface area contributed by atoms with Crippen molar-refractivity contribution in [2.24, 2.45) is 5.92 Å². The van der Waals surface area contributed by atoms with Gasteiger partial charge in [-0.3, -0.25) is 4.79 Å². The molecule has 1 aliphatic rings. The lowest BCUT2D eigenvalue weighted by atomic mass is 9.74. The summed E-state index contributed by atoms with van der Waals surface area (Å²) in [6.07, 6.45) is 3.94. The summed E-state index contributed by atoms with van der Waals surface area (Å²) in [5.74, 6) is 6.19. The van der Waals surface area contributed by atoms with E-state index in [2.05, 4.69) is 64.9 Å². The van der Waals surface area contributed by atoms with Gasteiger partial charge in [0, 0.05) is 23.8 Å². The Balaban J connectivity index is 1.30. The summed E-state index contributed by atoms with van der Waals surface area (Å²) >= 11 is 0. The van der Waals surface area contributed by atoms with Gasteiger partial charge in [-0.2, -0.15) is 5.26 Å². The average Bonchev–Trinajstić information content (AvgIpc) is 3.03. The fourth-order valence-electron chi connectivity index (χ4n) is 5.78. The number of hydrogen-bond acceptors (Lipinski definition) is 3. The Morgan fingerprint density at radius 3 is 2.02 bits per heavy atom. The van der Waals surface area contributed by atoms with Crippen molar-refractivity contribution in [2.75, 3.05) is 5.32 Å². The van der Waals surface area contributed by atoms with E-state index in [1.165, 1.54) is 0 Å². The Labute approximate surface area is 243 Å². The predicted molar refractivity (Wildman–Crippen MR) is 166 cm³/mol. The van der Waals surface area contributed by atoms with Gasteiger partial charge in [0.05, 0.1) is 17.6 Å². The van der Waals surface area contributed by atoms with E-state index in [0.29, 0.717) is 18.2 Å². The zero-order valence-corrected chi connectivity index (χ0v) is 23.4. The van der Waals surface area contributed by atoms with Gasteiger partial charge in [0.2, 0.25) is 5.91 Å². The van der Waals surface area contributed by atoms with Crippen molar-refractivity contribution in [1.82, 2.24) is 5.32 Å². The molecule has 0 spiro atoms. The van der Waals surface area contributed by atoms with Crippen molar-refractivity contribution in [1.29, 1.82) is 5.26 Å². The van der Waals surface area contributed by atoms with Crippen LogP contribution in [0.5, 0.6) is 0 Å². The van der Waals surface area contributed by atoms with Crippen LogP contribution in [0.3, 0.4) is 0 Å². The number of nitriles is 1. The number of benzene rings is 4. The third kappa shape index (κ3) is 7.24. The normalized spacial score (nSPS) is 16.9. The molecular weight excluding hydrogens is 502 g/mol. The van der Waals surface area contributed by atoms with E-state index in [4.69, 9.17) is 5.26 Å². The second kappa shape index (κ2) is 13.5. The molecule has 1 atom stereocenters. The summed E-state index contributed by atoms with van der Waals surface area (Å²) in [5, 5.41) is 15.9. The van der Waals surface area contributed by atoms with Crippen LogP contribution in [0.2, 0.25) is 0 Å². The van der Waals surface area contributed by atoms with Gasteiger partial charge in [-0.1, -0.05) is 72.7 Å². The van der Waals surface area contributed by atoms with E-state index in [0.717, 1.165) is 59.2 Å². The molecule has 0 radical (unpaired) electrons. The first-order valence-corrected chi connectivity index (χ1v) is 14.3. The quantitative estimate of drug-likeness (QED) is 0.227. The molecule has 1 unspecified atom stereocenters. The minimum Gasteiger partial charge on any atom is -0.382 e. The number of amides is 1.